The van der Waals surface area contributed by atoms with E-state index in [4.69, 9.17) is 5.73 Å². The normalized spacial score (nSPS) is 10.2. The fraction of sp³-hybridized carbons (Fsp3) is 0.267. The van der Waals surface area contributed by atoms with Crippen LogP contribution in [0.15, 0.2) is 36.4 Å². The number of nitrogens with zero attached hydrogens (tertiary/aromatic N) is 2. The molecule has 0 saturated heterocycles. The van der Waals surface area contributed by atoms with Crippen LogP contribution in [0.3, 0.4) is 0 Å². The quantitative estimate of drug-likeness (QED) is 0.744. The van der Waals surface area contributed by atoms with Crippen molar-refractivity contribution in [2.75, 3.05) is 11.9 Å². The molecule has 6 heteroatoms. The zero-order valence-corrected chi connectivity index (χ0v) is 12.0. The lowest BCUT2D eigenvalue weighted by Gasteiger charge is -2.06. The summed E-state index contributed by atoms with van der Waals surface area (Å²) in [6.07, 6.45) is 0. The van der Waals surface area contributed by atoms with Gasteiger partial charge in [-0.25, -0.2) is 0 Å². The number of aromatic nitrogens is 2. The summed E-state index contributed by atoms with van der Waals surface area (Å²) in [5.41, 5.74) is 8.10. The van der Waals surface area contributed by atoms with Gasteiger partial charge in [0, 0.05) is 19.6 Å². The molecule has 0 aliphatic carbocycles. The lowest BCUT2D eigenvalue weighted by Crippen LogP contribution is -2.24. The Labute approximate surface area is 123 Å². The standard InChI is InChI=1S/C15H19N5O/c1-2-17-15(21)13-7-8-14(20-19-13)18-10-12-5-3-11(9-16)4-6-12/h3-8H,2,9-10,16H2,1H3,(H,17,21)(H,18,20). The van der Waals surface area contributed by atoms with E-state index < -0.39 is 0 Å². The van der Waals surface area contributed by atoms with Crippen LogP contribution in [0.5, 0.6) is 0 Å². The number of anilines is 1. The molecule has 0 fully saturated rings. The predicted molar refractivity (Wildman–Crippen MR) is 81.7 cm³/mol. The van der Waals surface area contributed by atoms with Crippen molar-refractivity contribution < 1.29 is 4.79 Å². The molecular weight excluding hydrogens is 266 g/mol. The Morgan fingerprint density at radius 1 is 1.10 bits per heavy atom. The van der Waals surface area contributed by atoms with E-state index in [1.165, 1.54) is 0 Å². The van der Waals surface area contributed by atoms with E-state index in [1.807, 2.05) is 31.2 Å². The van der Waals surface area contributed by atoms with Gasteiger partial charge in [-0.1, -0.05) is 24.3 Å². The van der Waals surface area contributed by atoms with Crippen molar-refractivity contribution in [3.05, 3.63) is 53.2 Å². The SMILES string of the molecule is CCNC(=O)c1ccc(NCc2ccc(CN)cc2)nn1. The highest BCUT2D eigenvalue weighted by molar-refractivity contribution is 5.92. The van der Waals surface area contributed by atoms with Crippen LogP contribution in [0.25, 0.3) is 0 Å². The predicted octanol–water partition coefficient (Wildman–Crippen LogP) is 1.30. The maximum atomic E-state index is 11.6. The number of hydrogen-bond donors (Lipinski definition) is 3. The number of nitrogens with two attached hydrogens (primary N) is 1. The van der Waals surface area contributed by atoms with Crippen LogP contribution in [-0.4, -0.2) is 22.6 Å². The fourth-order valence-electron chi connectivity index (χ4n) is 1.78. The average molecular weight is 285 g/mol. The van der Waals surface area contributed by atoms with Crippen LogP contribution in [0.2, 0.25) is 0 Å². The summed E-state index contributed by atoms with van der Waals surface area (Å²) < 4.78 is 0. The molecule has 0 bridgehead atoms. The first-order valence-electron chi connectivity index (χ1n) is 6.86. The minimum absolute atomic E-state index is 0.214. The van der Waals surface area contributed by atoms with Gasteiger partial charge in [0.1, 0.15) is 5.82 Å². The van der Waals surface area contributed by atoms with E-state index in [1.54, 1.807) is 12.1 Å². The molecule has 1 aromatic carbocycles. The van der Waals surface area contributed by atoms with Gasteiger partial charge in [0.25, 0.3) is 5.91 Å². The number of nitrogens with one attached hydrogen (secondary N) is 2. The molecule has 21 heavy (non-hydrogen) atoms. The molecular formula is C15H19N5O. The molecule has 0 aliphatic rings. The second kappa shape index (κ2) is 7.35. The molecule has 1 amide bonds. The van der Waals surface area contributed by atoms with Crippen molar-refractivity contribution in [2.24, 2.45) is 5.73 Å². The van der Waals surface area contributed by atoms with E-state index in [-0.39, 0.29) is 5.91 Å². The van der Waals surface area contributed by atoms with E-state index in [2.05, 4.69) is 20.8 Å². The van der Waals surface area contributed by atoms with Crippen molar-refractivity contribution in [3.8, 4) is 0 Å². The second-order valence-electron chi connectivity index (χ2n) is 4.54. The van der Waals surface area contributed by atoms with Gasteiger partial charge in [-0.05, 0) is 30.2 Å². The third kappa shape index (κ3) is 4.25. The summed E-state index contributed by atoms with van der Waals surface area (Å²) in [6, 6.07) is 11.4. The molecule has 4 N–H and O–H groups in total. The number of benzene rings is 1. The van der Waals surface area contributed by atoms with Crippen LogP contribution >= 0.6 is 0 Å². The van der Waals surface area contributed by atoms with Crippen LogP contribution < -0.4 is 16.4 Å². The van der Waals surface area contributed by atoms with Gasteiger partial charge in [0.15, 0.2) is 5.69 Å². The molecule has 0 aliphatic heterocycles. The van der Waals surface area contributed by atoms with Gasteiger partial charge in [-0.2, -0.15) is 0 Å². The highest BCUT2D eigenvalue weighted by Crippen LogP contribution is 2.07. The van der Waals surface area contributed by atoms with Gasteiger partial charge >= 0.3 is 0 Å². The first-order valence-corrected chi connectivity index (χ1v) is 6.86. The highest BCUT2D eigenvalue weighted by atomic mass is 16.1. The number of carbonyl (C=O) groups is 1. The van der Waals surface area contributed by atoms with E-state index >= 15 is 0 Å². The molecule has 0 unspecified atom stereocenters. The van der Waals surface area contributed by atoms with Gasteiger partial charge in [-0.3, -0.25) is 4.79 Å². The zero-order chi connectivity index (χ0) is 15.1. The Hall–Kier alpha value is -2.47. The van der Waals surface area contributed by atoms with Crippen LogP contribution in [0.4, 0.5) is 5.82 Å². The molecule has 0 radical (unpaired) electrons. The van der Waals surface area contributed by atoms with E-state index in [0.29, 0.717) is 31.1 Å². The van der Waals surface area contributed by atoms with Crippen molar-refractivity contribution in [1.82, 2.24) is 15.5 Å². The number of amides is 1. The highest BCUT2D eigenvalue weighted by Gasteiger charge is 2.06. The molecule has 2 aromatic rings. The molecule has 1 aromatic heterocycles. The van der Waals surface area contributed by atoms with Crippen molar-refractivity contribution in [2.45, 2.75) is 20.0 Å². The number of hydrogen-bond acceptors (Lipinski definition) is 5. The van der Waals surface area contributed by atoms with Crippen LogP contribution in [0.1, 0.15) is 28.5 Å². The third-order valence-electron chi connectivity index (χ3n) is 2.97. The summed E-state index contributed by atoms with van der Waals surface area (Å²) in [7, 11) is 0. The Morgan fingerprint density at radius 2 is 1.81 bits per heavy atom. The summed E-state index contributed by atoms with van der Waals surface area (Å²) in [5.74, 6) is 0.417. The largest absolute Gasteiger partial charge is 0.365 e. The van der Waals surface area contributed by atoms with Gasteiger partial charge in [0.2, 0.25) is 0 Å². The zero-order valence-electron chi connectivity index (χ0n) is 12.0. The van der Waals surface area contributed by atoms with Crippen molar-refractivity contribution in [1.29, 1.82) is 0 Å². The molecule has 0 spiro atoms. The molecule has 1 heterocycles. The molecule has 110 valence electrons. The first-order chi connectivity index (χ1) is 10.2. The fourth-order valence-corrected chi connectivity index (χ4v) is 1.78. The molecule has 2 rings (SSSR count). The average Bonchev–Trinajstić information content (AvgIpc) is 2.54. The summed E-state index contributed by atoms with van der Waals surface area (Å²) in [5, 5.41) is 13.7. The van der Waals surface area contributed by atoms with Crippen LogP contribution in [-0.2, 0) is 13.1 Å². The smallest absolute Gasteiger partial charge is 0.271 e. The number of carbonyl (C=O) groups excluding carboxylic acids is 1. The Morgan fingerprint density at radius 3 is 2.38 bits per heavy atom. The second-order valence-corrected chi connectivity index (χ2v) is 4.54. The Bertz CT molecular complexity index is 580. The van der Waals surface area contributed by atoms with Gasteiger partial charge in [-0.15, -0.1) is 10.2 Å². The lowest BCUT2D eigenvalue weighted by molar-refractivity contribution is 0.0950. The molecule has 6 nitrogen and oxygen atoms in total. The van der Waals surface area contributed by atoms with E-state index in [0.717, 1.165) is 11.1 Å². The summed E-state index contributed by atoms with van der Waals surface area (Å²) in [4.78, 5) is 11.6. The maximum absolute atomic E-state index is 11.6. The minimum atomic E-state index is -0.214. The Kier molecular flexibility index (Phi) is 5.22. The summed E-state index contributed by atoms with van der Waals surface area (Å²) in [6.45, 7) is 3.61. The molecule has 0 saturated carbocycles. The van der Waals surface area contributed by atoms with Crippen molar-refractivity contribution >= 4 is 11.7 Å². The monoisotopic (exact) mass is 285 g/mol. The lowest BCUT2D eigenvalue weighted by atomic mass is 10.1. The van der Waals surface area contributed by atoms with Crippen LogP contribution in [0, 0.1) is 0 Å². The minimum Gasteiger partial charge on any atom is -0.365 e. The van der Waals surface area contributed by atoms with Crippen molar-refractivity contribution in [3.63, 3.8) is 0 Å². The maximum Gasteiger partial charge on any atom is 0.271 e. The van der Waals surface area contributed by atoms with Gasteiger partial charge < -0.3 is 16.4 Å². The number of rotatable bonds is 6. The summed E-state index contributed by atoms with van der Waals surface area (Å²) >= 11 is 0. The first kappa shape index (κ1) is 14.9. The molecule has 0 atom stereocenters. The topological polar surface area (TPSA) is 92.9 Å². The third-order valence-corrected chi connectivity index (χ3v) is 2.97. The van der Waals surface area contributed by atoms with E-state index in [9.17, 15) is 4.79 Å². The van der Waals surface area contributed by atoms with Gasteiger partial charge in [0.05, 0.1) is 0 Å². The Balaban J connectivity index is 1.92.